The Bertz CT molecular complexity index is 899. The highest BCUT2D eigenvalue weighted by Crippen LogP contribution is 2.36. The minimum absolute atomic E-state index is 0.204. The second-order valence-electron chi connectivity index (χ2n) is 5.85. The fourth-order valence-corrected chi connectivity index (χ4v) is 2.69. The van der Waals surface area contributed by atoms with Gasteiger partial charge in [-0.25, -0.2) is 4.79 Å². The van der Waals surface area contributed by atoms with Crippen molar-refractivity contribution >= 4 is 17.8 Å². The SMILES string of the molecule is CCOc1ccccc1/C=C1\Oc2cc(O[C@@H](C)C(=O)OC)ccc2C1=O. The minimum atomic E-state index is -0.766. The van der Waals surface area contributed by atoms with Crippen molar-refractivity contribution in [1.29, 1.82) is 0 Å². The van der Waals surface area contributed by atoms with E-state index in [-0.39, 0.29) is 11.5 Å². The minimum Gasteiger partial charge on any atom is -0.493 e. The maximum atomic E-state index is 12.6. The Balaban J connectivity index is 1.84. The number of hydrogen-bond acceptors (Lipinski definition) is 6. The Morgan fingerprint density at radius 2 is 2.00 bits per heavy atom. The third-order valence-electron chi connectivity index (χ3n) is 3.99. The van der Waals surface area contributed by atoms with E-state index in [4.69, 9.17) is 14.2 Å². The maximum absolute atomic E-state index is 12.6. The number of ketones is 1. The van der Waals surface area contributed by atoms with Crippen molar-refractivity contribution in [1.82, 2.24) is 0 Å². The van der Waals surface area contributed by atoms with Crippen LogP contribution in [0.2, 0.25) is 0 Å². The molecule has 27 heavy (non-hydrogen) atoms. The lowest BCUT2D eigenvalue weighted by atomic mass is 10.1. The van der Waals surface area contributed by atoms with E-state index in [1.165, 1.54) is 7.11 Å². The number of carbonyl (C=O) groups is 2. The van der Waals surface area contributed by atoms with E-state index in [1.54, 1.807) is 31.2 Å². The molecule has 1 aliphatic rings. The molecule has 0 saturated carbocycles. The molecule has 0 fully saturated rings. The quantitative estimate of drug-likeness (QED) is 0.573. The zero-order valence-corrected chi connectivity index (χ0v) is 15.4. The average molecular weight is 368 g/mol. The van der Waals surface area contributed by atoms with Crippen LogP contribution in [-0.2, 0) is 9.53 Å². The van der Waals surface area contributed by atoms with Crippen molar-refractivity contribution in [3.8, 4) is 17.2 Å². The summed E-state index contributed by atoms with van der Waals surface area (Å²) in [6.07, 6.45) is 0.892. The molecule has 0 amide bonds. The fourth-order valence-electron chi connectivity index (χ4n) is 2.69. The normalized spacial score (nSPS) is 15.1. The van der Waals surface area contributed by atoms with E-state index in [1.807, 2.05) is 31.2 Å². The second kappa shape index (κ2) is 7.95. The molecule has 6 nitrogen and oxygen atoms in total. The van der Waals surface area contributed by atoms with Crippen LogP contribution in [0.5, 0.6) is 17.2 Å². The number of Topliss-reactive ketones (excluding diaryl/α,β-unsaturated/α-hetero) is 1. The van der Waals surface area contributed by atoms with Crippen molar-refractivity contribution in [2.75, 3.05) is 13.7 Å². The number of rotatable bonds is 6. The van der Waals surface area contributed by atoms with E-state index in [2.05, 4.69) is 4.74 Å². The summed E-state index contributed by atoms with van der Waals surface area (Å²) in [6, 6.07) is 12.2. The molecule has 0 aromatic heterocycles. The van der Waals surface area contributed by atoms with Crippen molar-refractivity contribution < 1.29 is 28.5 Å². The highest BCUT2D eigenvalue weighted by Gasteiger charge is 2.28. The summed E-state index contributed by atoms with van der Waals surface area (Å²) in [5.41, 5.74) is 1.19. The van der Waals surface area contributed by atoms with Crippen LogP contribution in [0.15, 0.2) is 48.2 Å². The van der Waals surface area contributed by atoms with Gasteiger partial charge in [-0.1, -0.05) is 18.2 Å². The van der Waals surface area contributed by atoms with E-state index >= 15 is 0 Å². The molecule has 0 unspecified atom stereocenters. The molecule has 140 valence electrons. The summed E-state index contributed by atoms with van der Waals surface area (Å²) in [5.74, 6) is 0.973. The zero-order chi connectivity index (χ0) is 19.4. The van der Waals surface area contributed by atoms with Crippen molar-refractivity contribution in [3.05, 3.63) is 59.4 Å². The number of esters is 1. The fraction of sp³-hybridized carbons (Fsp3) is 0.238. The molecule has 1 atom stereocenters. The number of carbonyl (C=O) groups excluding carboxylic acids is 2. The molecule has 2 aromatic rings. The van der Waals surface area contributed by atoms with Crippen LogP contribution in [-0.4, -0.2) is 31.6 Å². The molecule has 0 bridgehead atoms. The smallest absolute Gasteiger partial charge is 0.346 e. The second-order valence-corrected chi connectivity index (χ2v) is 5.85. The van der Waals surface area contributed by atoms with Crippen molar-refractivity contribution in [2.45, 2.75) is 20.0 Å². The van der Waals surface area contributed by atoms with Gasteiger partial charge in [0.2, 0.25) is 5.78 Å². The Hall–Kier alpha value is -3.28. The summed E-state index contributed by atoms with van der Waals surface area (Å²) in [4.78, 5) is 24.1. The van der Waals surface area contributed by atoms with Gasteiger partial charge in [-0.15, -0.1) is 0 Å². The molecule has 0 spiro atoms. The highest BCUT2D eigenvalue weighted by atomic mass is 16.6. The van der Waals surface area contributed by atoms with Gasteiger partial charge >= 0.3 is 5.97 Å². The van der Waals surface area contributed by atoms with Gasteiger partial charge < -0.3 is 18.9 Å². The average Bonchev–Trinajstić information content (AvgIpc) is 2.97. The summed E-state index contributed by atoms with van der Waals surface area (Å²) < 4.78 is 21.5. The molecule has 6 heteroatoms. The van der Waals surface area contributed by atoms with Gasteiger partial charge in [0.1, 0.15) is 17.2 Å². The third-order valence-corrected chi connectivity index (χ3v) is 3.99. The van der Waals surface area contributed by atoms with Gasteiger partial charge in [-0.2, -0.15) is 0 Å². The van der Waals surface area contributed by atoms with Crippen LogP contribution in [0.25, 0.3) is 6.08 Å². The molecular formula is C21H20O6. The molecule has 1 heterocycles. The predicted octanol–water partition coefficient (Wildman–Crippen LogP) is 3.64. The monoisotopic (exact) mass is 368 g/mol. The molecule has 0 aliphatic carbocycles. The maximum Gasteiger partial charge on any atom is 0.346 e. The van der Waals surface area contributed by atoms with Crippen LogP contribution in [0.3, 0.4) is 0 Å². The first-order valence-electron chi connectivity index (χ1n) is 8.58. The molecule has 3 rings (SSSR count). The topological polar surface area (TPSA) is 71.1 Å². The lowest BCUT2D eigenvalue weighted by molar-refractivity contribution is -0.147. The van der Waals surface area contributed by atoms with Crippen molar-refractivity contribution in [3.63, 3.8) is 0 Å². The molecule has 0 saturated heterocycles. The van der Waals surface area contributed by atoms with Crippen LogP contribution in [0.1, 0.15) is 29.8 Å². The Morgan fingerprint density at radius 3 is 2.74 bits per heavy atom. The van der Waals surface area contributed by atoms with Crippen LogP contribution >= 0.6 is 0 Å². The van der Waals surface area contributed by atoms with Gasteiger partial charge in [-0.3, -0.25) is 4.79 Å². The first-order chi connectivity index (χ1) is 13.0. The molecule has 1 aliphatic heterocycles. The Kier molecular flexibility index (Phi) is 5.45. The van der Waals surface area contributed by atoms with Gasteiger partial charge in [0, 0.05) is 11.6 Å². The summed E-state index contributed by atoms with van der Waals surface area (Å²) in [5, 5.41) is 0. The van der Waals surface area contributed by atoms with Gasteiger partial charge in [0.05, 0.1) is 19.3 Å². The van der Waals surface area contributed by atoms with E-state index in [9.17, 15) is 9.59 Å². The Labute approximate surface area is 157 Å². The highest BCUT2D eigenvalue weighted by molar-refractivity contribution is 6.14. The number of hydrogen-bond donors (Lipinski definition) is 0. The first kappa shape index (κ1) is 18.5. The van der Waals surface area contributed by atoms with Gasteiger partial charge in [0.15, 0.2) is 11.9 Å². The largest absolute Gasteiger partial charge is 0.493 e. The van der Waals surface area contributed by atoms with Crippen LogP contribution < -0.4 is 14.2 Å². The standard InChI is InChI=1S/C21H20O6/c1-4-25-17-8-6-5-7-14(17)11-19-20(22)16-10-9-15(12-18(16)27-19)26-13(2)21(23)24-3/h5-13H,4H2,1-3H3/b19-11-/t13-/m0/s1. The van der Waals surface area contributed by atoms with E-state index < -0.39 is 12.1 Å². The molecule has 2 aromatic carbocycles. The van der Waals surface area contributed by atoms with Gasteiger partial charge in [0.25, 0.3) is 0 Å². The summed E-state index contributed by atoms with van der Waals surface area (Å²) in [6.45, 7) is 4.00. The van der Waals surface area contributed by atoms with E-state index in [0.29, 0.717) is 29.4 Å². The summed E-state index contributed by atoms with van der Waals surface area (Å²) >= 11 is 0. The number of methoxy groups -OCH3 is 1. The number of benzene rings is 2. The summed E-state index contributed by atoms with van der Waals surface area (Å²) in [7, 11) is 1.30. The van der Waals surface area contributed by atoms with Gasteiger partial charge in [-0.05, 0) is 38.1 Å². The number of fused-ring (bicyclic) bond motifs is 1. The number of allylic oxidation sites excluding steroid dienone is 1. The molecular weight excluding hydrogens is 348 g/mol. The number of para-hydroxylation sites is 1. The van der Waals surface area contributed by atoms with E-state index in [0.717, 1.165) is 5.56 Å². The first-order valence-corrected chi connectivity index (χ1v) is 8.58. The third kappa shape index (κ3) is 3.95. The van der Waals surface area contributed by atoms with Crippen molar-refractivity contribution in [2.24, 2.45) is 0 Å². The zero-order valence-electron chi connectivity index (χ0n) is 15.4. The Morgan fingerprint density at radius 1 is 1.22 bits per heavy atom. The number of ether oxygens (including phenoxy) is 4. The van der Waals surface area contributed by atoms with Crippen LogP contribution in [0, 0.1) is 0 Å². The molecule has 0 N–H and O–H groups in total. The lowest BCUT2D eigenvalue weighted by Gasteiger charge is -2.12. The molecule has 0 radical (unpaired) electrons. The van der Waals surface area contributed by atoms with Crippen LogP contribution in [0.4, 0.5) is 0 Å². The lowest BCUT2D eigenvalue weighted by Crippen LogP contribution is -2.24. The predicted molar refractivity (Wildman–Crippen MR) is 99.1 cm³/mol.